The van der Waals surface area contributed by atoms with Crippen molar-refractivity contribution < 1.29 is 8.78 Å². The molecule has 2 aromatic carbocycles. The highest BCUT2D eigenvalue weighted by Crippen LogP contribution is 2.27. The first-order chi connectivity index (χ1) is 11.6. The van der Waals surface area contributed by atoms with E-state index in [0.29, 0.717) is 22.2 Å². The number of rotatable bonds is 3. The largest absolute Gasteiger partial charge is 0.222 e. The molecule has 0 aliphatic heterocycles. The normalized spacial score (nSPS) is 11.5. The molecule has 0 spiro atoms. The first-order valence-electron chi connectivity index (χ1n) is 7.31. The van der Waals surface area contributed by atoms with Crippen LogP contribution in [0.15, 0.2) is 47.6 Å². The van der Waals surface area contributed by atoms with Crippen LogP contribution < -0.4 is 0 Å². The summed E-state index contributed by atoms with van der Waals surface area (Å²) < 4.78 is 28.8. The number of hydrogen-bond donors (Lipinski definition) is 0. The van der Waals surface area contributed by atoms with Crippen LogP contribution in [0.3, 0.4) is 0 Å². The Labute approximate surface area is 140 Å². The summed E-state index contributed by atoms with van der Waals surface area (Å²) in [4.78, 5) is 9.04. The van der Waals surface area contributed by atoms with E-state index in [0.717, 1.165) is 17.0 Å². The van der Waals surface area contributed by atoms with Crippen molar-refractivity contribution in [2.45, 2.75) is 17.8 Å². The van der Waals surface area contributed by atoms with Gasteiger partial charge in [-0.1, -0.05) is 36.0 Å². The molecule has 0 N–H and O–H groups in total. The summed E-state index contributed by atoms with van der Waals surface area (Å²) in [7, 11) is 0. The summed E-state index contributed by atoms with van der Waals surface area (Å²) in [6.07, 6.45) is 0. The summed E-state index contributed by atoms with van der Waals surface area (Å²) in [6.45, 7) is 1.81. The molecule has 2 aromatic heterocycles. The number of para-hydroxylation sites is 1. The molecule has 0 saturated carbocycles. The molecule has 0 aliphatic carbocycles. The molecule has 120 valence electrons. The monoisotopic (exact) mass is 342 g/mol. The maximum Gasteiger partial charge on any atom is 0.191 e. The molecule has 4 rings (SSSR count). The predicted molar refractivity (Wildman–Crippen MR) is 88.9 cm³/mol. The second-order valence-electron chi connectivity index (χ2n) is 5.31. The third-order valence-corrected chi connectivity index (χ3v) is 4.62. The van der Waals surface area contributed by atoms with Crippen molar-refractivity contribution in [2.24, 2.45) is 0 Å². The summed E-state index contributed by atoms with van der Waals surface area (Å²) in [5, 5.41) is 5.86. The quantitative estimate of drug-likeness (QED) is 0.414. The van der Waals surface area contributed by atoms with Crippen molar-refractivity contribution in [3.05, 3.63) is 65.5 Å². The number of aryl methyl sites for hydroxylation is 1. The van der Waals surface area contributed by atoms with Crippen molar-refractivity contribution in [1.29, 1.82) is 0 Å². The number of benzene rings is 2. The smallest absolute Gasteiger partial charge is 0.191 e. The van der Waals surface area contributed by atoms with Gasteiger partial charge < -0.3 is 0 Å². The van der Waals surface area contributed by atoms with Gasteiger partial charge in [-0.05, 0) is 25.1 Å². The average molecular weight is 342 g/mol. The van der Waals surface area contributed by atoms with E-state index in [1.807, 2.05) is 31.2 Å². The third kappa shape index (κ3) is 2.50. The fourth-order valence-corrected chi connectivity index (χ4v) is 3.45. The van der Waals surface area contributed by atoms with E-state index in [1.165, 1.54) is 17.8 Å². The van der Waals surface area contributed by atoms with E-state index in [2.05, 4.69) is 15.1 Å². The standard InChI is InChI=1S/C17H12F2N4S/c1-10-20-16-12-6-2-3-8-14(12)21-17(23(16)22-10)24-9-11-5-4-7-13(18)15(11)19/h2-8H,9H2,1H3. The van der Waals surface area contributed by atoms with Crippen LogP contribution in [0.4, 0.5) is 8.78 Å². The molecule has 0 bridgehead atoms. The number of thioether (sulfide) groups is 1. The number of aromatic nitrogens is 4. The Balaban J connectivity index is 1.79. The summed E-state index contributed by atoms with van der Waals surface area (Å²) >= 11 is 1.30. The minimum atomic E-state index is -0.846. The Bertz CT molecular complexity index is 1060. The zero-order chi connectivity index (χ0) is 16.7. The number of nitrogens with zero attached hydrogens (tertiary/aromatic N) is 4. The molecule has 0 aliphatic rings. The summed E-state index contributed by atoms with van der Waals surface area (Å²) in [5.74, 6) is -0.784. The van der Waals surface area contributed by atoms with Crippen molar-refractivity contribution in [2.75, 3.05) is 0 Å². The fraction of sp³-hybridized carbons (Fsp3) is 0.118. The van der Waals surface area contributed by atoms with Crippen molar-refractivity contribution in [3.8, 4) is 0 Å². The lowest BCUT2D eigenvalue weighted by atomic mass is 10.2. The lowest BCUT2D eigenvalue weighted by Gasteiger charge is -2.07. The first kappa shape index (κ1) is 15.0. The molecular formula is C17H12F2N4S. The zero-order valence-corrected chi connectivity index (χ0v) is 13.5. The van der Waals surface area contributed by atoms with Gasteiger partial charge in [0.15, 0.2) is 22.4 Å². The Kier molecular flexibility index (Phi) is 3.65. The van der Waals surface area contributed by atoms with Crippen LogP contribution >= 0.6 is 11.8 Å². The van der Waals surface area contributed by atoms with Crippen LogP contribution in [0, 0.1) is 18.6 Å². The van der Waals surface area contributed by atoms with Crippen molar-refractivity contribution >= 4 is 28.3 Å². The first-order valence-corrected chi connectivity index (χ1v) is 8.30. The summed E-state index contributed by atoms with van der Waals surface area (Å²) in [5.41, 5.74) is 1.79. The van der Waals surface area contributed by atoms with Gasteiger partial charge in [-0.2, -0.15) is 4.52 Å². The van der Waals surface area contributed by atoms with Gasteiger partial charge >= 0.3 is 0 Å². The van der Waals surface area contributed by atoms with Gasteiger partial charge in [-0.25, -0.2) is 18.7 Å². The van der Waals surface area contributed by atoms with Crippen LogP contribution in [-0.4, -0.2) is 19.6 Å². The molecule has 7 heteroatoms. The van der Waals surface area contributed by atoms with Gasteiger partial charge in [0.25, 0.3) is 0 Å². The second kappa shape index (κ2) is 5.83. The van der Waals surface area contributed by atoms with Gasteiger partial charge in [0.2, 0.25) is 0 Å². The van der Waals surface area contributed by atoms with E-state index >= 15 is 0 Å². The van der Waals surface area contributed by atoms with E-state index < -0.39 is 11.6 Å². The lowest BCUT2D eigenvalue weighted by molar-refractivity contribution is 0.502. The molecule has 0 radical (unpaired) electrons. The average Bonchev–Trinajstić information content (AvgIpc) is 2.98. The zero-order valence-electron chi connectivity index (χ0n) is 12.7. The van der Waals surface area contributed by atoms with Crippen LogP contribution in [-0.2, 0) is 5.75 Å². The van der Waals surface area contributed by atoms with E-state index in [1.54, 1.807) is 10.6 Å². The molecule has 4 aromatic rings. The third-order valence-electron chi connectivity index (χ3n) is 3.64. The van der Waals surface area contributed by atoms with Crippen molar-refractivity contribution in [1.82, 2.24) is 19.6 Å². The maximum absolute atomic E-state index is 13.8. The van der Waals surface area contributed by atoms with Crippen LogP contribution in [0.5, 0.6) is 0 Å². The van der Waals surface area contributed by atoms with Gasteiger partial charge in [0.1, 0.15) is 5.82 Å². The van der Waals surface area contributed by atoms with Crippen LogP contribution in [0.1, 0.15) is 11.4 Å². The van der Waals surface area contributed by atoms with Crippen molar-refractivity contribution in [3.63, 3.8) is 0 Å². The maximum atomic E-state index is 13.8. The Morgan fingerprint density at radius 3 is 2.75 bits per heavy atom. The Hall–Kier alpha value is -2.54. The van der Waals surface area contributed by atoms with Gasteiger partial charge in [-0.15, -0.1) is 5.10 Å². The molecule has 0 saturated heterocycles. The molecule has 2 heterocycles. The van der Waals surface area contributed by atoms with Crippen LogP contribution in [0.2, 0.25) is 0 Å². The Morgan fingerprint density at radius 1 is 1.04 bits per heavy atom. The highest BCUT2D eigenvalue weighted by Gasteiger charge is 2.14. The number of fused-ring (bicyclic) bond motifs is 3. The molecule has 0 unspecified atom stereocenters. The number of halogens is 2. The van der Waals surface area contributed by atoms with Crippen LogP contribution in [0.25, 0.3) is 16.6 Å². The molecular weight excluding hydrogens is 330 g/mol. The second-order valence-corrected chi connectivity index (χ2v) is 6.25. The SMILES string of the molecule is Cc1nc2c3ccccc3nc(SCc3cccc(F)c3F)n2n1. The molecule has 0 fully saturated rings. The van der Waals surface area contributed by atoms with E-state index in [4.69, 9.17) is 0 Å². The fourth-order valence-electron chi connectivity index (χ4n) is 2.53. The lowest BCUT2D eigenvalue weighted by Crippen LogP contribution is -1.99. The van der Waals surface area contributed by atoms with E-state index in [9.17, 15) is 8.78 Å². The minimum absolute atomic E-state index is 0.253. The summed E-state index contributed by atoms with van der Waals surface area (Å²) in [6, 6.07) is 11.8. The van der Waals surface area contributed by atoms with Gasteiger partial charge in [-0.3, -0.25) is 0 Å². The highest BCUT2D eigenvalue weighted by atomic mass is 32.2. The minimum Gasteiger partial charge on any atom is -0.222 e. The number of hydrogen-bond acceptors (Lipinski definition) is 4. The molecule has 0 amide bonds. The Morgan fingerprint density at radius 2 is 1.88 bits per heavy atom. The molecule has 24 heavy (non-hydrogen) atoms. The van der Waals surface area contributed by atoms with Gasteiger partial charge in [0, 0.05) is 16.7 Å². The molecule has 4 nitrogen and oxygen atoms in total. The predicted octanol–water partition coefficient (Wildman–Crippen LogP) is 4.16. The molecule has 0 atom stereocenters. The van der Waals surface area contributed by atoms with Gasteiger partial charge in [0.05, 0.1) is 5.52 Å². The topological polar surface area (TPSA) is 43.1 Å². The van der Waals surface area contributed by atoms with E-state index in [-0.39, 0.29) is 5.75 Å². The highest BCUT2D eigenvalue weighted by molar-refractivity contribution is 7.98.